The summed E-state index contributed by atoms with van der Waals surface area (Å²) in [4.78, 5) is 38.1. The molecule has 1 aliphatic heterocycles. The number of alkyl halides is 3. The van der Waals surface area contributed by atoms with Crippen molar-refractivity contribution in [2.45, 2.75) is 13.1 Å². The van der Waals surface area contributed by atoms with E-state index in [1.54, 1.807) is 30.1 Å². The molecule has 2 amide bonds. The number of hydrogen-bond acceptors (Lipinski definition) is 6. The Morgan fingerprint density at radius 3 is 2.54 bits per heavy atom. The van der Waals surface area contributed by atoms with Gasteiger partial charge in [-0.25, -0.2) is 9.48 Å². The number of aromatic nitrogens is 2. The second kappa shape index (κ2) is 9.12. The van der Waals surface area contributed by atoms with E-state index in [1.165, 1.54) is 31.2 Å². The summed E-state index contributed by atoms with van der Waals surface area (Å²) < 4.78 is 46.3. The number of rotatable bonds is 5. The van der Waals surface area contributed by atoms with Crippen LogP contribution in [0.5, 0.6) is 0 Å². The molecule has 0 fully saturated rings. The van der Waals surface area contributed by atoms with E-state index < -0.39 is 29.3 Å². The lowest BCUT2D eigenvalue weighted by molar-refractivity contribution is -0.143. The SMILES string of the molecule is CCOC(=O)c1cnn(-c2ccc(NC(=O)c3ccc4c(c3)NC(=O)CN4C)cc2)c1C(F)(F)F. The number of fused-ring (bicyclic) bond motifs is 1. The van der Waals surface area contributed by atoms with Crippen molar-refractivity contribution in [2.75, 3.05) is 35.7 Å². The number of nitrogens with one attached hydrogen (secondary N) is 2. The Kier molecular flexibility index (Phi) is 6.20. The van der Waals surface area contributed by atoms with Crippen molar-refractivity contribution in [3.05, 3.63) is 65.5 Å². The second-order valence-corrected chi connectivity index (χ2v) is 7.67. The highest BCUT2D eigenvalue weighted by Crippen LogP contribution is 2.34. The van der Waals surface area contributed by atoms with Gasteiger partial charge >= 0.3 is 12.1 Å². The summed E-state index contributed by atoms with van der Waals surface area (Å²) in [5.41, 5.74) is -0.0334. The molecular weight excluding hydrogens is 467 g/mol. The van der Waals surface area contributed by atoms with E-state index in [4.69, 9.17) is 4.74 Å². The number of likely N-dealkylation sites (N-methyl/N-ethyl adjacent to an activating group) is 1. The van der Waals surface area contributed by atoms with Crippen LogP contribution in [0.4, 0.5) is 30.2 Å². The van der Waals surface area contributed by atoms with Crippen LogP contribution >= 0.6 is 0 Å². The van der Waals surface area contributed by atoms with E-state index in [0.29, 0.717) is 16.1 Å². The Labute approximate surface area is 197 Å². The zero-order valence-corrected chi connectivity index (χ0v) is 18.6. The first-order chi connectivity index (χ1) is 16.6. The topological polar surface area (TPSA) is 106 Å². The van der Waals surface area contributed by atoms with Gasteiger partial charge in [-0.3, -0.25) is 9.59 Å². The van der Waals surface area contributed by atoms with Crippen molar-refractivity contribution < 1.29 is 32.3 Å². The number of ether oxygens (including phenoxy) is 1. The van der Waals surface area contributed by atoms with E-state index in [9.17, 15) is 27.6 Å². The number of amides is 2. The zero-order valence-electron chi connectivity index (χ0n) is 18.6. The molecule has 9 nitrogen and oxygen atoms in total. The Hall–Kier alpha value is -4.35. The number of hydrogen-bond donors (Lipinski definition) is 2. The van der Waals surface area contributed by atoms with Crippen LogP contribution in [-0.4, -0.2) is 47.8 Å². The minimum absolute atomic E-state index is 0.0328. The van der Waals surface area contributed by atoms with E-state index >= 15 is 0 Å². The predicted octanol–water partition coefficient (Wildman–Crippen LogP) is 3.71. The van der Waals surface area contributed by atoms with Crippen molar-refractivity contribution >= 4 is 34.8 Å². The van der Waals surface area contributed by atoms with Gasteiger partial charge in [-0.05, 0) is 49.4 Å². The molecule has 0 spiro atoms. The van der Waals surface area contributed by atoms with Crippen LogP contribution in [0.2, 0.25) is 0 Å². The Bertz CT molecular complexity index is 1300. The standard InChI is InChI=1S/C23H20F3N5O4/c1-3-35-22(34)16-11-27-31(20(16)23(24,25)26)15-7-5-14(6-8-15)28-21(33)13-4-9-18-17(10-13)29-19(32)12-30(18)2/h4-11H,3,12H2,1-2H3,(H,28,33)(H,29,32). The van der Waals surface area contributed by atoms with Gasteiger partial charge < -0.3 is 20.3 Å². The Balaban J connectivity index is 1.56. The fourth-order valence-corrected chi connectivity index (χ4v) is 3.67. The summed E-state index contributed by atoms with van der Waals surface area (Å²) in [5, 5.41) is 9.09. The fourth-order valence-electron chi connectivity index (χ4n) is 3.67. The molecule has 35 heavy (non-hydrogen) atoms. The van der Waals surface area contributed by atoms with Crippen LogP contribution < -0.4 is 15.5 Å². The Morgan fingerprint density at radius 1 is 1.17 bits per heavy atom. The summed E-state index contributed by atoms with van der Waals surface area (Å²) >= 11 is 0. The van der Waals surface area contributed by atoms with Crippen LogP contribution in [0.3, 0.4) is 0 Å². The molecule has 12 heteroatoms. The van der Waals surface area contributed by atoms with Gasteiger partial charge in [-0.1, -0.05) is 0 Å². The normalized spacial score (nSPS) is 13.2. The highest BCUT2D eigenvalue weighted by Gasteiger charge is 2.41. The van der Waals surface area contributed by atoms with Crippen LogP contribution in [0, 0.1) is 0 Å². The lowest BCUT2D eigenvalue weighted by Crippen LogP contribution is -2.35. The van der Waals surface area contributed by atoms with Gasteiger partial charge in [0, 0.05) is 18.3 Å². The van der Waals surface area contributed by atoms with Crippen molar-refractivity contribution in [3.63, 3.8) is 0 Å². The summed E-state index contributed by atoms with van der Waals surface area (Å²) in [6.45, 7) is 1.61. The molecule has 182 valence electrons. The lowest BCUT2D eigenvalue weighted by Gasteiger charge is -2.27. The molecule has 0 unspecified atom stereocenters. The van der Waals surface area contributed by atoms with Crippen molar-refractivity contribution in [2.24, 2.45) is 0 Å². The minimum Gasteiger partial charge on any atom is -0.462 e. The van der Waals surface area contributed by atoms with Gasteiger partial charge in [-0.2, -0.15) is 18.3 Å². The number of benzene rings is 2. The van der Waals surface area contributed by atoms with E-state index in [2.05, 4.69) is 15.7 Å². The quantitative estimate of drug-likeness (QED) is 0.532. The maximum atomic E-state index is 13.7. The third kappa shape index (κ3) is 4.81. The summed E-state index contributed by atoms with van der Waals surface area (Å²) in [6, 6.07) is 10.3. The average Bonchev–Trinajstić information content (AvgIpc) is 3.25. The van der Waals surface area contributed by atoms with Gasteiger partial charge in [0.25, 0.3) is 5.91 Å². The largest absolute Gasteiger partial charge is 0.462 e. The number of carbonyl (C=O) groups excluding carboxylic acids is 3. The Morgan fingerprint density at radius 2 is 1.89 bits per heavy atom. The van der Waals surface area contributed by atoms with Crippen LogP contribution in [0.1, 0.15) is 33.3 Å². The van der Waals surface area contributed by atoms with Gasteiger partial charge in [0.05, 0.1) is 36.4 Å². The highest BCUT2D eigenvalue weighted by atomic mass is 19.4. The third-order valence-corrected chi connectivity index (χ3v) is 5.23. The lowest BCUT2D eigenvalue weighted by atomic mass is 10.1. The van der Waals surface area contributed by atoms with Gasteiger partial charge in [-0.15, -0.1) is 0 Å². The molecule has 3 aromatic rings. The number of anilines is 3. The average molecular weight is 487 g/mol. The molecule has 2 N–H and O–H groups in total. The molecule has 0 aliphatic carbocycles. The summed E-state index contributed by atoms with van der Waals surface area (Å²) in [6.07, 6.45) is -4.05. The molecule has 0 saturated heterocycles. The monoisotopic (exact) mass is 487 g/mol. The first-order valence-electron chi connectivity index (χ1n) is 10.5. The first-order valence-corrected chi connectivity index (χ1v) is 10.5. The zero-order chi connectivity index (χ0) is 25.3. The smallest absolute Gasteiger partial charge is 0.434 e. The number of nitrogens with zero attached hydrogens (tertiary/aromatic N) is 3. The number of esters is 1. The van der Waals surface area contributed by atoms with Crippen LogP contribution in [0.25, 0.3) is 5.69 Å². The van der Waals surface area contributed by atoms with Gasteiger partial charge in [0.15, 0.2) is 5.69 Å². The summed E-state index contributed by atoms with van der Waals surface area (Å²) in [7, 11) is 1.76. The molecule has 0 bridgehead atoms. The molecule has 2 heterocycles. The third-order valence-electron chi connectivity index (χ3n) is 5.23. The predicted molar refractivity (Wildman–Crippen MR) is 121 cm³/mol. The maximum Gasteiger partial charge on any atom is 0.434 e. The number of halogens is 3. The second-order valence-electron chi connectivity index (χ2n) is 7.67. The van der Waals surface area contributed by atoms with E-state index in [1.807, 2.05) is 0 Å². The van der Waals surface area contributed by atoms with Crippen LogP contribution in [-0.2, 0) is 15.7 Å². The highest BCUT2D eigenvalue weighted by molar-refractivity contribution is 6.08. The molecule has 2 aromatic carbocycles. The van der Waals surface area contributed by atoms with E-state index in [-0.39, 0.29) is 30.3 Å². The van der Waals surface area contributed by atoms with Gasteiger partial charge in [0.1, 0.15) is 5.56 Å². The maximum absolute atomic E-state index is 13.7. The summed E-state index contributed by atoms with van der Waals surface area (Å²) in [5.74, 6) is -1.79. The number of carbonyl (C=O) groups is 3. The minimum atomic E-state index is -4.86. The molecule has 4 rings (SSSR count). The molecule has 0 atom stereocenters. The molecule has 1 aromatic heterocycles. The fraction of sp³-hybridized carbons (Fsp3) is 0.217. The van der Waals surface area contributed by atoms with Crippen molar-refractivity contribution in [1.82, 2.24) is 9.78 Å². The van der Waals surface area contributed by atoms with Crippen LogP contribution in [0.15, 0.2) is 48.7 Å². The molecule has 1 aliphatic rings. The van der Waals surface area contributed by atoms with Crippen molar-refractivity contribution in [3.8, 4) is 5.69 Å². The first kappa shape index (κ1) is 23.8. The van der Waals surface area contributed by atoms with Crippen molar-refractivity contribution in [1.29, 1.82) is 0 Å². The molecule has 0 radical (unpaired) electrons. The molecular formula is C23H20F3N5O4. The molecule has 0 saturated carbocycles. The van der Waals surface area contributed by atoms with Gasteiger partial charge in [0.2, 0.25) is 5.91 Å². The van der Waals surface area contributed by atoms with E-state index in [0.717, 1.165) is 11.9 Å².